The first-order valence-electron chi connectivity index (χ1n) is 13.8. The van der Waals surface area contributed by atoms with Crippen LogP contribution < -0.4 is 10.6 Å². The maximum absolute atomic E-state index is 13.5. The fourth-order valence-corrected chi connectivity index (χ4v) is 4.94. The Morgan fingerprint density at radius 3 is 2.36 bits per heavy atom. The molecule has 0 aliphatic carbocycles. The number of likely N-dealkylation sites (tertiary alicyclic amines) is 1. The summed E-state index contributed by atoms with van der Waals surface area (Å²) in [5.41, 5.74) is 3.99. The third-order valence-corrected chi connectivity index (χ3v) is 7.03. The number of hydrogen-bond donors (Lipinski definition) is 3. The van der Waals surface area contributed by atoms with E-state index in [4.69, 9.17) is 5.11 Å². The summed E-state index contributed by atoms with van der Waals surface area (Å²) in [5.74, 6) is -2.40. The topological polar surface area (TPSA) is 133 Å². The van der Waals surface area contributed by atoms with Crippen LogP contribution in [0, 0.1) is 0 Å². The largest absolute Gasteiger partial charge is 0.481 e. The molecule has 0 radical (unpaired) electrons. The number of carbonyl (C=O) groups is 5. The standard InChI is InChI=1S/C33H33N3O6/c1-22(38)34-30(18-24-12-15-27(19-31(39)40)28(17-24)21-37)32(41)35-29-9-5-6-16-36(33(29)42)20-23-10-13-26(14-11-23)25-7-3-2-4-8-25/h2-4,7-8,10-15,17-18,21,29H,5-6,9,16,19-20H2,1H3,(H,34,38)(H,35,41)(H,39,40)/b30-18-/t29-/m0/s1. The van der Waals surface area contributed by atoms with Gasteiger partial charge in [-0.2, -0.15) is 0 Å². The van der Waals surface area contributed by atoms with Gasteiger partial charge >= 0.3 is 5.97 Å². The van der Waals surface area contributed by atoms with Gasteiger partial charge in [0, 0.05) is 25.6 Å². The Kier molecular flexibility index (Phi) is 9.99. The normalized spacial score (nSPS) is 15.5. The molecule has 216 valence electrons. The summed E-state index contributed by atoms with van der Waals surface area (Å²) in [5, 5.41) is 14.4. The van der Waals surface area contributed by atoms with Gasteiger partial charge in [-0.05, 0) is 59.2 Å². The molecule has 1 saturated heterocycles. The number of carboxylic acid groups (broad SMARTS) is 1. The monoisotopic (exact) mass is 567 g/mol. The van der Waals surface area contributed by atoms with Crippen molar-refractivity contribution in [2.24, 2.45) is 0 Å². The summed E-state index contributed by atoms with van der Waals surface area (Å²) >= 11 is 0. The van der Waals surface area contributed by atoms with Crippen molar-refractivity contribution in [2.45, 2.75) is 45.2 Å². The van der Waals surface area contributed by atoms with Crippen molar-refractivity contribution < 1.29 is 29.1 Å². The second-order valence-electron chi connectivity index (χ2n) is 10.2. The number of aldehydes is 1. The molecule has 9 nitrogen and oxygen atoms in total. The zero-order valence-corrected chi connectivity index (χ0v) is 23.3. The van der Waals surface area contributed by atoms with Gasteiger partial charge < -0.3 is 20.6 Å². The number of nitrogens with zero attached hydrogens (tertiary/aromatic N) is 1. The molecule has 3 amide bonds. The van der Waals surface area contributed by atoms with Crippen LogP contribution in [0.4, 0.5) is 0 Å². The van der Waals surface area contributed by atoms with Gasteiger partial charge in [0.2, 0.25) is 11.8 Å². The van der Waals surface area contributed by atoms with Gasteiger partial charge in [0.05, 0.1) is 6.42 Å². The number of benzene rings is 3. The van der Waals surface area contributed by atoms with E-state index in [1.807, 2.05) is 54.6 Å². The van der Waals surface area contributed by atoms with Crippen molar-refractivity contribution in [3.05, 3.63) is 101 Å². The lowest BCUT2D eigenvalue weighted by molar-refractivity contribution is -0.136. The molecule has 1 aliphatic rings. The first-order chi connectivity index (χ1) is 20.2. The molecule has 1 heterocycles. The Morgan fingerprint density at radius 1 is 0.976 bits per heavy atom. The van der Waals surface area contributed by atoms with Crippen molar-refractivity contribution in [3.63, 3.8) is 0 Å². The molecule has 1 aliphatic heterocycles. The second kappa shape index (κ2) is 14.0. The lowest BCUT2D eigenvalue weighted by Crippen LogP contribution is -2.48. The van der Waals surface area contributed by atoms with Crippen LogP contribution in [0.5, 0.6) is 0 Å². The number of amides is 3. The fourth-order valence-electron chi connectivity index (χ4n) is 4.94. The minimum atomic E-state index is -1.08. The molecule has 1 fully saturated rings. The number of carbonyl (C=O) groups excluding carboxylic acids is 4. The molecule has 0 saturated carbocycles. The fraction of sp³-hybridized carbons (Fsp3) is 0.242. The van der Waals surface area contributed by atoms with E-state index < -0.39 is 23.8 Å². The molecule has 0 spiro atoms. The van der Waals surface area contributed by atoms with E-state index in [0.29, 0.717) is 36.9 Å². The highest BCUT2D eigenvalue weighted by Gasteiger charge is 2.29. The van der Waals surface area contributed by atoms with Crippen molar-refractivity contribution >= 4 is 36.1 Å². The number of hydrogen-bond acceptors (Lipinski definition) is 5. The highest BCUT2D eigenvalue weighted by molar-refractivity contribution is 6.03. The van der Waals surface area contributed by atoms with Crippen LogP contribution in [-0.4, -0.2) is 52.6 Å². The van der Waals surface area contributed by atoms with Crippen molar-refractivity contribution in [1.29, 1.82) is 0 Å². The SMILES string of the molecule is CC(=O)N/C(=C\c1ccc(CC(=O)O)c(C=O)c1)C(=O)N[C@H]1CCCCN(Cc2ccc(-c3ccccc3)cc2)C1=O. The average molecular weight is 568 g/mol. The van der Waals surface area contributed by atoms with Crippen LogP contribution in [0.15, 0.2) is 78.5 Å². The minimum Gasteiger partial charge on any atom is -0.481 e. The van der Waals surface area contributed by atoms with Crippen LogP contribution in [0.2, 0.25) is 0 Å². The third-order valence-electron chi connectivity index (χ3n) is 7.03. The second-order valence-corrected chi connectivity index (χ2v) is 10.2. The molecule has 4 rings (SSSR count). The van der Waals surface area contributed by atoms with E-state index in [2.05, 4.69) is 10.6 Å². The van der Waals surface area contributed by atoms with Crippen molar-refractivity contribution in [2.75, 3.05) is 6.54 Å². The van der Waals surface area contributed by atoms with E-state index in [-0.39, 0.29) is 23.6 Å². The third kappa shape index (κ3) is 8.00. The highest BCUT2D eigenvalue weighted by Crippen LogP contribution is 2.21. The Bertz CT molecular complexity index is 1500. The molecule has 3 aromatic rings. The summed E-state index contributed by atoms with van der Waals surface area (Å²) in [7, 11) is 0. The van der Waals surface area contributed by atoms with Gasteiger partial charge in [-0.25, -0.2) is 0 Å². The predicted molar refractivity (Wildman–Crippen MR) is 158 cm³/mol. The van der Waals surface area contributed by atoms with Crippen LogP contribution >= 0.6 is 0 Å². The molecular weight excluding hydrogens is 534 g/mol. The minimum absolute atomic E-state index is 0.0922. The van der Waals surface area contributed by atoms with Gasteiger partial charge in [0.1, 0.15) is 18.0 Å². The lowest BCUT2D eigenvalue weighted by atomic mass is 10.0. The summed E-state index contributed by atoms with van der Waals surface area (Å²) < 4.78 is 0. The quantitative estimate of drug-likeness (QED) is 0.251. The Hall–Kier alpha value is -5.05. The Labute approximate surface area is 244 Å². The summed E-state index contributed by atoms with van der Waals surface area (Å²) in [4.78, 5) is 63.1. The molecule has 0 unspecified atom stereocenters. The zero-order chi connectivity index (χ0) is 30.1. The van der Waals surface area contributed by atoms with Gasteiger partial charge in [-0.15, -0.1) is 0 Å². The first-order valence-corrected chi connectivity index (χ1v) is 13.8. The highest BCUT2D eigenvalue weighted by atomic mass is 16.4. The maximum atomic E-state index is 13.5. The molecule has 0 aromatic heterocycles. The van der Waals surface area contributed by atoms with Gasteiger partial charge in [0.25, 0.3) is 5.91 Å². The maximum Gasteiger partial charge on any atom is 0.307 e. The smallest absolute Gasteiger partial charge is 0.307 e. The number of nitrogens with one attached hydrogen (secondary N) is 2. The predicted octanol–water partition coefficient (Wildman–Crippen LogP) is 3.97. The first kappa shape index (κ1) is 29.9. The van der Waals surface area contributed by atoms with Gasteiger partial charge in [0.15, 0.2) is 0 Å². The molecule has 3 aromatic carbocycles. The summed E-state index contributed by atoms with van der Waals surface area (Å²) in [6.45, 7) is 2.23. The average Bonchev–Trinajstić information content (AvgIpc) is 3.14. The van der Waals surface area contributed by atoms with Crippen LogP contribution in [-0.2, 0) is 32.1 Å². The molecule has 3 N–H and O–H groups in total. The number of aliphatic carboxylic acids is 1. The molecule has 42 heavy (non-hydrogen) atoms. The van der Waals surface area contributed by atoms with E-state index in [0.717, 1.165) is 29.5 Å². The number of carboxylic acids is 1. The summed E-state index contributed by atoms with van der Waals surface area (Å²) in [6, 6.07) is 21.8. The van der Waals surface area contributed by atoms with Crippen molar-refractivity contribution in [1.82, 2.24) is 15.5 Å². The Balaban J connectivity index is 1.49. The lowest BCUT2D eigenvalue weighted by Gasteiger charge is -2.25. The van der Waals surface area contributed by atoms with E-state index >= 15 is 0 Å². The van der Waals surface area contributed by atoms with Crippen molar-refractivity contribution in [3.8, 4) is 11.1 Å². The van der Waals surface area contributed by atoms with E-state index in [1.54, 1.807) is 11.0 Å². The molecule has 9 heteroatoms. The van der Waals surface area contributed by atoms with E-state index in [1.165, 1.54) is 25.1 Å². The van der Waals surface area contributed by atoms with Gasteiger partial charge in [-0.1, -0.05) is 66.7 Å². The molecular formula is C33H33N3O6. The van der Waals surface area contributed by atoms with E-state index in [9.17, 15) is 24.0 Å². The van der Waals surface area contributed by atoms with Crippen LogP contribution in [0.1, 0.15) is 53.2 Å². The summed E-state index contributed by atoms with van der Waals surface area (Å²) in [6.07, 6.45) is 3.61. The number of rotatable bonds is 10. The van der Waals surface area contributed by atoms with Gasteiger partial charge in [-0.3, -0.25) is 24.0 Å². The Morgan fingerprint density at radius 2 is 1.69 bits per heavy atom. The van der Waals surface area contributed by atoms with Crippen LogP contribution in [0.25, 0.3) is 17.2 Å². The molecule has 1 atom stereocenters. The van der Waals surface area contributed by atoms with Crippen LogP contribution in [0.3, 0.4) is 0 Å². The molecule has 0 bridgehead atoms. The zero-order valence-electron chi connectivity index (χ0n) is 23.3.